The van der Waals surface area contributed by atoms with Gasteiger partial charge in [-0.05, 0) is 55.0 Å². The van der Waals surface area contributed by atoms with Crippen molar-refractivity contribution in [2.24, 2.45) is 0 Å². The second-order valence-electron chi connectivity index (χ2n) is 7.48. The number of carbonyl (C=O) groups excluding carboxylic acids is 2. The summed E-state index contributed by atoms with van der Waals surface area (Å²) in [7, 11) is 0. The largest absolute Gasteiger partial charge is 0.325 e. The van der Waals surface area contributed by atoms with Crippen LogP contribution in [0.15, 0.2) is 40.9 Å². The molecule has 1 aliphatic carbocycles. The number of nitrogens with one attached hydrogen (secondary N) is 1. The van der Waals surface area contributed by atoms with E-state index in [9.17, 15) is 9.59 Å². The third-order valence-corrected chi connectivity index (χ3v) is 7.20. The zero-order valence-electron chi connectivity index (χ0n) is 15.9. The van der Waals surface area contributed by atoms with Gasteiger partial charge in [-0.15, -0.1) is 21.5 Å². The zero-order chi connectivity index (χ0) is 20.0. The molecular weight excluding hydrogens is 404 g/mol. The first-order chi connectivity index (χ1) is 14.1. The highest BCUT2D eigenvalue weighted by Gasteiger charge is 2.30. The van der Waals surface area contributed by atoms with Gasteiger partial charge >= 0.3 is 0 Å². The van der Waals surface area contributed by atoms with Gasteiger partial charge in [0.1, 0.15) is 5.82 Å². The number of Topliss-reactive ketones (excluding diaryl/α,β-unsaturated/α-hetero) is 1. The molecule has 5 rings (SSSR count). The van der Waals surface area contributed by atoms with Crippen molar-refractivity contribution >= 4 is 40.5 Å². The molecule has 1 amide bonds. The number of benzene rings is 1. The second kappa shape index (κ2) is 7.42. The minimum atomic E-state index is -0.219. The Morgan fingerprint density at radius 3 is 2.93 bits per heavy atom. The second-order valence-corrected chi connectivity index (χ2v) is 9.46. The quantitative estimate of drug-likeness (QED) is 0.452. The lowest BCUT2D eigenvalue weighted by Gasteiger charge is -2.08. The summed E-state index contributed by atoms with van der Waals surface area (Å²) in [5.74, 6) is 1.08. The highest BCUT2D eigenvalue weighted by atomic mass is 32.2. The molecule has 1 aliphatic heterocycles. The third kappa shape index (κ3) is 3.62. The molecule has 3 heterocycles. The molecule has 29 heavy (non-hydrogen) atoms. The van der Waals surface area contributed by atoms with E-state index in [4.69, 9.17) is 0 Å². The predicted octanol–water partition coefficient (Wildman–Crippen LogP) is 4.30. The lowest BCUT2D eigenvalue weighted by Crippen LogP contribution is -2.08. The predicted molar refractivity (Wildman–Crippen MR) is 114 cm³/mol. The van der Waals surface area contributed by atoms with Crippen LogP contribution in [0.4, 0.5) is 5.69 Å². The highest BCUT2D eigenvalue weighted by molar-refractivity contribution is 7.99. The van der Waals surface area contributed by atoms with Crippen molar-refractivity contribution in [3.63, 3.8) is 0 Å². The number of ketones is 1. The number of anilines is 1. The zero-order valence-corrected chi connectivity index (χ0v) is 17.6. The summed E-state index contributed by atoms with van der Waals surface area (Å²) in [6, 6.07) is 10.1. The Bertz CT molecular complexity index is 1090. The maximum absolute atomic E-state index is 12.8. The molecule has 8 heteroatoms. The maximum Gasteiger partial charge on any atom is 0.231 e. The summed E-state index contributed by atoms with van der Waals surface area (Å²) in [5.41, 5.74) is 2.33. The number of amides is 1. The molecule has 2 aliphatic rings. The van der Waals surface area contributed by atoms with Crippen LogP contribution in [0.1, 0.15) is 58.3 Å². The van der Waals surface area contributed by atoms with Crippen LogP contribution in [0.3, 0.4) is 0 Å². The fourth-order valence-corrected chi connectivity index (χ4v) is 5.22. The van der Waals surface area contributed by atoms with Crippen molar-refractivity contribution in [1.29, 1.82) is 0 Å². The Hall–Kier alpha value is -2.45. The summed E-state index contributed by atoms with van der Waals surface area (Å²) < 4.78 is 2.21. The molecule has 1 saturated carbocycles. The number of fused-ring (bicyclic) bond motifs is 1. The number of hydrogen-bond acceptors (Lipinski definition) is 6. The van der Waals surface area contributed by atoms with Gasteiger partial charge in [0.2, 0.25) is 5.91 Å². The van der Waals surface area contributed by atoms with Gasteiger partial charge in [0, 0.05) is 28.6 Å². The van der Waals surface area contributed by atoms with Crippen LogP contribution in [0.2, 0.25) is 0 Å². The Labute approximate surface area is 176 Å². The summed E-state index contributed by atoms with van der Waals surface area (Å²) in [6.45, 7) is 1.86. The molecular formula is C21H20N4O2S2. The number of hydrogen-bond donors (Lipinski definition) is 1. The minimum absolute atomic E-state index is 0.0187. The van der Waals surface area contributed by atoms with Crippen LogP contribution in [0, 0.1) is 0 Å². The van der Waals surface area contributed by atoms with Gasteiger partial charge in [-0.2, -0.15) is 0 Å². The van der Waals surface area contributed by atoms with Crippen molar-refractivity contribution in [3.05, 3.63) is 57.5 Å². The summed E-state index contributed by atoms with van der Waals surface area (Å²) in [6.07, 6.45) is 3.06. The summed E-state index contributed by atoms with van der Waals surface area (Å²) in [5, 5.41) is 14.5. The van der Waals surface area contributed by atoms with Gasteiger partial charge in [0.05, 0.1) is 11.7 Å². The molecule has 6 nitrogen and oxygen atoms in total. The van der Waals surface area contributed by atoms with Gasteiger partial charge in [-0.25, -0.2) is 0 Å². The lowest BCUT2D eigenvalue weighted by atomic mass is 9.99. The lowest BCUT2D eigenvalue weighted by molar-refractivity contribution is -0.116. The number of aromatic nitrogens is 3. The minimum Gasteiger partial charge on any atom is -0.325 e. The molecule has 1 aromatic carbocycles. The van der Waals surface area contributed by atoms with E-state index in [2.05, 4.69) is 31.5 Å². The maximum atomic E-state index is 12.8. The first kappa shape index (κ1) is 18.6. The molecule has 0 bridgehead atoms. The van der Waals surface area contributed by atoms with Crippen molar-refractivity contribution in [3.8, 4) is 0 Å². The number of thioether (sulfide) groups is 1. The standard InChI is InChI=1S/C21H20N4O2S2/c1-12-16-9-13(4-7-17(16)22-20(12)27)18(26)11-29-21-24-23-19(25(21)14-5-6-14)10-15-3-2-8-28-15/h2-4,7-9,12,14H,5-6,10-11H2,1H3,(H,22,27)/t12-/m0/s1. The molecule has 0 saturated heterocycles. The molecule has 0 spiro atoms. The molecule has 2 aromatic heterocycles. The fraction of sp³-hybridized carbons (Fsp3) is 0.333. The average Bonchev–Trinajstić information content (AvgIpc) is 3.15. The average molecular weight is 425 g/mol. The highest BCUT2D eigenvalue weighted by Crippen LogP contribution is 2.39. The van der Waals surface area contributed by atoms with E-state index in [1.807, 2.05) is 25.1 Å². The Morgan fingerprint density at radius 1 is 1.31 bits per heavy atom. The first-order valence-electron chi connectivity index (χ1n) is 9.67. The summed E-state index contributed by atoms with van der Waals surface area (Å²) in [4.78, 5) is 25.9. The third-order valence-electron chi connectivity index (χ3n) is 5.38. The number of carbonyl (C=O) groups is 2. The van der Waals surface area contributed by atoms with Crippen molar-refractivity contribution in [1.82, 2.24) is 14.8 Å². The van der Waals surface area contributed by atoms with E-state index < -0.39 is 0 Å². The van der Waals surface area contributed by atoms with E-state index in [0.717, 1.165) is 41.5 Å². The van der Waals surface area contributed by atoms with Crippen molar-refractivity contribution in [2.75, 3.05) is 11.1 Å². The smallest absolute Gasteiger partial charge is 0.231 e. The number of nitrogens with zero attached hydrogens (tertiary/aromatic N) is 3. The van der Waals surface area contributed by atoms with E-state index >= 15 is 0 Å². The Balaban J connectivity index is 1.31. The van der Waals surface area contributed by atoms with Gasteiger partial charge in [-0.1, -0.05) is 17.8 Å². The normalized spacial score (nSPS) is 18.0. The van der Waals surface area contributed by atoms with E-state index in [1.54, 1.807) is 17.4 Å². The van der Waals surface area contributed by atoms with Crippen LogP contribution >= 0.6 is 23.1 Å². The van der Waals surface area contributed by atoms with Gasteiger partial charge in [-0.3, -0.25) is 9.59 Å². The van der Waals surface area contributed by atoms with Crippen molar-refractivity contribution < 1.29 is 9.59 Å². The van der Waals surface area contributed by atoms with Gasteiger partial charge < -0.3 is 9.88 Å². The van der Waals surface area contributed by atoms with Crippen LogP contribution in [-0.4, -0.2) is 32.2 Å². The fourth-order valence-electron chi connectivity index (χ4n) is 3.60. The molecule has 3 aromatic rings. The van der Waals surface area contributed by atoms with E-state index in [1.165, 1.54) is 16.6 Å². The molecule has 0 unspecified atom stereocenters. The molecule has 1 atom stereocenters. The molecule has 1 N–H and O–H groups in total. The molecule has 148 valence electrons. The number of thiophene rings is 1. The van der Waals surface area contributed by atoms with E-state index in [-0.39, 0.29) is 17.6 Å². The summed E-state index contributed by atoms with van der Waals surface area (Å²) >= 11 is 3.17. The van der Waals surface area contributed by atoms with Crippen LogP contribution in [-0.2, 0) is 11.2 Å². The Morgan fingerprint density at radius 2 is 2.17 bits per heavy atom. The van der Waals surface area contributed by atoms with E-state index in [0.29, 0.717) is 17.4 Å². The van der Waals surface area contributed by atoms with Crippen LogP contribution in [0.25, 0.3) is 0 Å². The van der Waals surface area contributed by atoms with Crippen molar-refractivity contribution in [2.45, 2.75) is 43.3 Å². The monoisotopic (exact) mass is 424 g/mol. The molecule has 1 fully saturated rings. The van der Waals surface area contributed by atoms with Crippen LogP contribution < -0.4 is 5.32 Å². The number of rotatable bonds is 7. The first-order valence-corrected chi connectivity index (χ1v) is 11.5. The van der Waals surface area contributed by atoms with Crippen LogP contribution in [0.5, 0.6) is 0 Å². The van der Waals surface area contributed by atoms with Gasteiger partial charge in [0.15, 0.2) is 10.9 Å². The SMILES string of the molecule is C[C@@H]1C(=O)Nc2ccc(C(=O)CSc3nnc(Cc4cccs4)n3C3CC3)cc21. The topological polar surface area (TPSA) is 76.9 Å². The van der Waals surface area contributed by atoms with Gasteiger partial charge in [0.25, 0.3) is 0 Å². The molecule has 0 radical (unpaired) electrons. The Kier molecular flexibility index (Phi) is 4.75.